The van der Waals surface area contributed by atoms with E-state index in [2.05, 4.69) is 9.47 Å². The fourth-order valence-corrected chi connectivity index (χ4v) is 1.40. The average molecular weight is 222 g/mol. The number of hydrogen-bond acceptors (Lipinski definition) is 7. The number of esters is 1. The maximum atomic E-state index is 10.7. The van der Waals surface area contributed by atoms with Crippen LogP contribution < -0.4 is 0 Å². The van der Waals surface area contributed by atoms with E-state index < -0.39 is 43.3 Å². The van der Waals surface area contributed by atoms with Crippen molar-refractivity contribution in [2.24, 2.45) is 0 Å². The van der Waals surface area contributed by atoms with Crippen molar-refractivity contribution in [2.75, 3.05) is 6.61 Å². The number of aliphatic hydroxyl groups is 4. The lowest BCUT2D eigenvalue weighted by molar-refractivity contribution is -0.289. The molecule has 0 aliphatic carbocycles. The van der Waals surface area contributed by atoms with Gasteiger partial charge in [0.15, 0.2) is 12.4 Å². The van der Waals surface area contributed by atoms with Gasteiger partial charge in [-0.05, 0) is 0 Å². The molecule has 5 atom stereocenters. The molecular weight excluding hydrogens is 208 g/mol. The molecule has 15 heavy (non-hydrogen) atoms. The Morgan fingerprint density at radius 1 is 1.33 bits per heavy atom. The molecule has 0 unspecified atom stereocenters. The summed E-state index contributed by atoms with van der Waals surface area (Å²) in [6, 6.07) is 0. The zero-order chi connectivity index (χ0) is 11.6. The Morgan fingerprint density at radius 3 is 2.40 bits per heavy atom. The lowest BCUT2D eigenvalue weighted by Gasteiger charge is -2.39. The molecule has 1 saturated heterocycles. The SMILES string of the molecule is CC(=O)O[C@@H]1[C@@H](O)[C@@H](O)O[C@H](CO)[C@H]1O. The highest BCUT2D eigenvalue weighted by molar-refractivity contribution is 5.66. The van der Waals surface area contributed by atoms with E-state index in [0.29, 0.717) is 0 Å². The van der Waals surface area contributed by atoms with Crippen LogP contribution >= 0.6 is 0 Å². The summed E-state index contributed by atoms with van der Waals surface area (Å²) in [6.45, 7) is 0.554. The van der Waals surface area contributed by atoms with Crippen molar-refractivity contribution in [1.29, 1.82) is 0 Å². The molecular formula is C8H14O7. The summed E-state index contributed by atoms with van der Waals surface area (Å²) >= 11 is 0. The van der Waals surface area contributed by atoms with Gasteiger partial charge in [0.05, 0.1) is 6.61 Å². The van der Waals surface area contributed by atoms with Crippen LogP contribution in [0.2, 0.25) is 0 Å². The fraction of sp³-hybridized carbons (Fsp3) is 0.875. The van der Waals surface area contributed by atoms with E-state index in [4.69, 9.17) is 5.11 Å². The highest BCUT2D eigenvalue weighted by Gasteiger charge is 2.45. The first-order valence-electron chi connectivity index (χ1n) is 4.45. The molecule has 0 amide bonds. The number of rotatable bonds is 2. The van der Waals surface area contributed by atoms with Gasteiger partial charge in [0.1, 0.15) is 18.3 Å². The summed E-state index contributed by atoms with van der Waals surface area (Å²) in [5, 5.41) is 36.9. The van der Waals surface area contributed by atoms with Crippen molar-refractivity contribution in [3.05, 3.63) is 0 Å². The highest BCUT2D eigenvalue weighted by atomic mass is 16.7. The number of carbonyl (C=O) groups excluding carboxylic acids is 1. The summed E-state index contributed by atoms with van der Waals surface area (Å²) in [6.07, 6.45) is -6.91. The number of aliphatic hydroxyl groups excluding tert-OH is 4. The van der Waals surface area contributed by atoms with Crippen LogP contribution in [0.3, 0.4) is 0 Å². The minimum atomic E-state index is -1.60. The quantitative estimate of drug-likeness (QED) is 0.377. The van der Waals surface area contributed by atoms with Crippen molar-refractivity contribution in [1.82, 2.24) is 0 Å². The summed E-state index contributed by atoms with van der Waals surface area (Å²) in [5.74, 6) is -0.705. The average Bonchev–Trinajstić information content (AvgIpc) is 2.18. The molecule has 1 aliphatic heterocycles. The van der Waals surface area contributed by atoms with Gasteiger partial charge in [0, 0.05) is 6.92 Å². The number of carbonyl (C=O) groups is 1. The predicted octanol–water partition coefficient (Wildman–Crippen LogP) is -2.65. The summed E-state index contributed by atoms with van der Waals surface area (Å²) in [7, 11) is 0. The molecule has 4 N–H and O–H groups in total. The smallest absolute Gasteiger partial charge is 0.303 e. The molecule has 7 heteroatoms. The van der Waals surface area contributed by atoms with E-state index in [9.17, 15) is 20.1 Å². The van der Waals surface area contributed by atoms with Crippen LogP contribution in [0.5, 0.6) is 0 Å². The van der Waals surface area contributed by atoms with E-state index >= 15 is 0 Å². The molecule has 1 rings (SSSR count). The van der Waals surface area contributed by atoms with Gasteiger partial charge in [-0.25, -0.2) is 0 Å². The molecule has 0 aromatic carbocycles. The molecule has 0 aromatic heterocycles. The Hall–Kier alpha value is -0.730. The molecule has 0 saturated carbocycles. The van der Waals surface area contributed by atoms with Gasteiger partial charge < -0.3 is 29.9 Å². The van der Waals surface area contributed by atoms with Crippen LogP contribution in [0, 0.1) is 0 Å². The fourth-order valence-electron chi connectivity index (χ4n) is 1.40. The lowest BCUT2D eigenvalue weighted by Crippen LogP contribution is -2.59. The molecule has 0 bridgehead atoms. The minimum Gasteiger partial charge on any atom is -0.457 e. The zero-order valence-corrected chi connectivity index (χ0v) is 8.11. The summed E-state index contributed by atoms with van der Waals surface area (Å²) < 4.78 is 9.31. The topological polar surface area (TPSA) is 116 Å². The van der Waals surface area contributed by atoms with Gasteiger partial charge in [-0.1, -0.05) is 0 Å². The van der Waals surface area contributed by atoms with Crippen molar-refractivity contribution in [3.8, 4) is 0 Å². The maximum Gasteiger partial charge on any atom is 0.303 e. The number of ether oxygens (including phenoxy) is 2. The van der Waals surface area contributed by atoms with E-state index in [1.54, 1.807) is 0 Å². The molecule has 0 spiro atoms. The van der Waals surface area contributed by atoms with Crippen LogP contribution in [0.1, 0.15) is 6.92 Å². The third-order valence-electron chi connectivity index (χ3n) is 2.14. The van der Waals surface area contributed by atoms with Gasteiger partial charge in [0.25, 0.3) is 0 Å². The summed E-state index contributed by atoms with van der Waals surface area (Å²) in [5.41, 5.74) is 0. The van der Waals surface area contributed by atoms with Crippen molar-refractivity contribution < 1.29 is 34.7 Å². The second-order valence-electron chi connectivity index (χ2n) is 3.30. The molecule has 1 aliphatic rings. The van der Waals surface area contributed by atoms with Gasteiger partial charge in [-0.2, -0.15) is 0 Å². The van der Waals surface area contributed by atoms with Crippen LogP contribution in [0.4, 0.5) is 0 Å². The van der Waals surface area contributed by atoms with Gasteiger partial charge in [0.2, 0.25) is 0 Å². The largest absolute Gasteiger partial charge is 0.457 e. The third-order valence-corrected chi connectivity index (χ3v) is 2.14. The Morgan fingerprint density at radius 2 is 1.93 bits per heavy atom. The van der Waals surface area contributed by atoms with Crippen molar-refractivity contribution in [2.45, 2.75) is 37.6 Å². The van der Waals surface area contributed by atoms with Crippen molar-refractivity contribution in [3.63, 3.8) is 0 Å². The van der Waals surface area contributed by atoms with E-state index in [-0.39, 0.29) is 0 Å². The van der Waals surface area contributed by atoms with Crippen LogP contribution in [-0.4, -0.2) is 63.7 Å². The van der Waals surface area contributed by atoms with E-state index in [1.165, 1.54) is 0 Å². The molecule has 1 heterocycles. The Kier molecular flexibility index (Phi) is 4.00. The first-order chi connectivity index (χ1) is 6.97. The van der Waals surface area contributed by atoms with Gasteiger partial charge in [-0.3, -0.25) is 4.79 Å². The van der Waals surface area contributed by atoms with Gasteiger partial charge in [-0.15, -0.1) is 0 Å². The number of hydrogen-bond donors (Lipinski definition) is 4. The van der Waals surface area contributed by atoms with Crippen LogP contribution in [0.15, 0.2) is 0 Å². The molecule has 0 radical (unpaired) electrons. The first kappa shape index (κ1) is 12.3. The monoisotopic (exact) mass is 222 g/mol. The van der Waals surface area contributed by atoms with E-state index in [1.807, 2.05) is 0 Å². The Bertz CT molecular complexity index is 231. The van der Waals surface area contributed by atoms with Crippen LogP contribution in [-0.2, 0) is 14.3 Å². The second-order valence-corrected chi connectivity index (χ2v) is 3.30. The third kappa shape index (κ3) is 2.64. The zero-order valence-electron chi connectivity index (χ0n) is 8.11. The Balaban J connectivity index is 2.74. The first-order valence-corrected chi connectivity index (χ1v) is 4.45. The molecule has 0 aromatic rings. The van der Waals surface area contributed by atoms with Crippen molar-refractivity contribution >= 4 is 5.97 Å². The van der Waals surface area contributed by atoms with Crippen LogP contribution in [0.25, 0.3) is 0 Å². The highest BCUT2D eigenvalue weighted by Crippen LogP contribution is 2.22. The minimum absolute atomic E-state index is 0.553. The second kappa shape index (κ2) is 4.86. The molecule has 88 valence electrons. The predicted molar refractivity (Wildman–Crippen MR) is 45.5 cm³/mol. The maximum absolute atomic E-state index is 10.7. The summed E-state index contributed by atoms with van der Waals surface area (Å²) in [4.78, 5) is 10.7. The normalized spacial score (nSPS) is 41.3. The molecule has 1 fully saturated rings. The lowest BCUT2D eigenvalue weighted by atomic mass is 9.99. The Labute approximate surface area is 85.9 Å². The van der Waals surface area contributed by atoms with Gasteiger partial charge >= 0.3 is 5.97 Å². The standard InChI is InChI=1S/C8H14O7/c1-3(10)14-7-5(11)4(2-9)15-8(13)6(7)12/h4-9,11-13H,2H2,1H3/t4-,5-,6-,7+,8+/m1/s1. The molecule has 7 nitrogen and oxygen atoms in total. The van der Waals surface area contributed by atoms with E-state index in [0.717, 1.165) is 6.92 Å².